The molecule has 2 heterocycles. The lowest BCUT2D eigenvalue weighted by Gasteiger charge is -2.08. The normalized spacial score (nSPS) is 16.7. The van der Waals surface area contributed by atoms with Crippen LogP contribution in [-0.4, -0.2) is 17.4 Å². The van der Waals surface area contributed by atoms with E-state index in [1.807, 2.05) is 30.3 Å². The van der Waals surface area contributed by atoms with E-state index in [1.54, 1.807) is 12.3 Å². The molecule has 0 fully saturated rings. The van der Waals surface area contributed by atoms with Crippen LogP contribution in [0.2, 0.25) is 0 Å². The number of rotatable bonds is 3. The summed E-state index contributed by atoms with van der Waals surface area (Å²) >= 11 is 0. The minimum atomic E-state index is -0.198. The van der Waals surface area contributed by atoms with Crippen LogP contribution in [0.1, 0.15) is 17.0 Å². The van der Waals surface area contributed by atoms with Gasteiger partial charge in [-0.15, -0.1) is 0 Å². The predicted molar refractivity (Wildman–Crippen MR) is 72.0 cm³/mol. The third kappa shape index (κ3) is 2.17. The molecule has 96 valence electrons. The van der Waals surface area contributed by atoms with E-state index >= 15 is 0 Å². The Morgan fingerprint density at radius 1 is 1.32 bits per heavy atom. The summed E-state index contributed by atoms with van der Waals surface area (Å²) in [4.78, 5) is 16.4. The number of pyridine rings is 1. The highest BCUT2D eigenvalue weighted by atomic mass is 16.5. The first-order valence-corrected chi connectivity index (χ1v) is 6.19. The molecule has 1 aromatic heterocycles. The topological polar surface area (TPSA) is 65.2 Å². The molecule has 0 radical (unpaired) electrons. The minimum absolute atomic E-state index is 0.115. The number of anilines is 1. The lowest BCUT2D eigenvalue weighted by molar-refractivity contribution is -0.120. The Balaban J connectivity index is 1.81. The van der Waals surface area contributed by atoms with E-state index in [4.69, 9.17) is 10.5 Å². The van der Waals surface area contributed by atoms with Gasteiger partial charge in [-0.1, -0.05) is 24.3 Å². The first kappa shape index (κ1) is 11.7. The molecule has 0 saturated carbocycles. The highest BCUT2D eigenvalue weighted by Crippen LogP contribution is 2.34. The van der Waals surface area contributed by atoms with Crippen LogP contribution in [0.25, 0.3) is 0 Å². The maximum atomic E-state index is 12.4. The summed E-state index contributed by atoms with van der Waals surface area (Å²) in [7, 11) is 0. The number of nitrogens with two attached hydrogens (primary N) is 1. The molecule has 1 aliphatic heterocycles. The number of benzene rings is 1. The SMILES string of the molecule is Nc1ncccc1CC(=O)C1COc2ccccc21. The van der Waals surface area contributed by atoms with Crippen molar-refractivity contribution in [1.82, 2.24) is 4.98 Å². The molecule has 0 aliphatic carbocycles. The number of carbonyl (C=O) groups is 1. The third-order valence-corrected chi connectivity index (χ3v) is 3.38. The number of carbonyl (C=O) groups excluding carboxylic acids is 1. The van der Waals surface area contributed by atoms with E-state index < -0.39 is 0 Å². The third-order valence-electron chi connectivity index (χ3n) is 3.38. The van der Waals surface area contributed by atoms with Crippen LogP contribution in [0.15, 0.2) is 42.6 Å². The second-order valence-electron chi connectivity index (χ2n) is 4.59. The van der Waals surface area contributed by atoms with Crippen molar-refractivity contribution in [3.63, 3.8) is 0 Å². The van der Waals surface area contributed by atoms with Crippen LogP contribution in [0.4, 0.5) is 5.82 Å². The molecule has 0 saturated heterocycles. The van der Waals surface area contributed by atoms with Gasteiger partial charge in [-0.05, 0) is 12.1 Å². The number of nitrogens with zero attached hydrogens (tertiary/aromatic N) is 1. The molecular weight excluding hydrogens is 240 g/mol. The Bertz CT molecular complexity index is 625. The van der Waals surface area contributed by atoms with Gasteiger partial charge < -0.3 is 10.5 Å². The molecule has 1 unspecified atom stereocenters. The molecule has 4 heteroatoms. The number of fused-ring (bicyclic) bond motifs is 1. The van der Waals surface area contributed by atoms with Gasteiger partial charge in [-0.25, -0.2) is 4.98 Å². The molecule has 3 rings (SSSR count). The zero-order valence-corrected chi connectivity index (χ0v) is 10.4. The molecule has 2 N–H and O–H groups in total. The van der Waals surface area contributed by atoms with Crippen LogP contribution in [-0.2, 0) is 11.2 Å². The predicted octanol–water partition coefficient (Wildman–Crippen LogP) is 1.95. The Morgan fingerprint density at radius 3 is 3.00 bits per heavy atom. The molecule has 0 spiro atoms. The van der Waals surface area contributed by atoms with Gasteiger partial charge in [-0.3, -0.25) is 4.79 Å². The molecule has 19 heavy (non-hydrogen) atoms. The lowest BCUT2D eigenvalue weighted by Crippen LogP contribution is -2.17. The Morgan fingerprint density at radius 2 is 2.16 bits per heavy atom. The Kier molecular flexibility index (Phi) is 2.91. The van der Waals surface area contributed by atoms with Gasteiger partial charge in [-0.2, -0.15) is 0 Å². The van der Waals surface area contributed by atoms with Gasteiger partial charge in [0.15, 0.2) is 0 Å². The van der Waals surface area contributed by atoms with Gasteiger partial charge in [0.1, 0.15) is 24.0 Å². The number of hydrogen-bond acceptors (Lipinski definition) is 4. The average molecular weight is 254 g/mol. The van der Waals surface area contributed by atoms with Gasteiger partial charge in [0.25, 0.3) is 0 Å². The van der Waals surface area contributed by atoms with Crippen molar-refractivity contribution in [2.45, 2.75) is 12.3 Å². The highest BCUT2D eigenvalue weighted by Gasteiger charge is 2.29. The summed E-state index contributed by atoms with van der Waals surface area (Å²) in [5.74, 6) is 1.14. The zero-order chi connectivity index (χ0) is 13.2. The summed E-state index contributed by atoms with van der Waals surface area (Å²) < 4.78 is 5.53. The summed E-state index contributed by atoms with van der Waals surface area (Å²) in [5, 5.41) is 0. The quantitative estimate of drug-likeness (QED) is 0.909. The standard InChI is InChI=1S/C15H14N2O2/c16-15-10(4-3-7-17-15)8-13(18)12-9-19-14-6-2-1-5-11(12)14/h1-7,12H,8-9H2,(H2,16,17). The minimum Gasteiger partial charge on any atom is -0.492 e. The Labute approximate surface area is 111 Å². The fourth-order valence-corrected chi connectivity index (χ4v) is 2.34. The molecule has 1 atom stereocenters. The maximum Gasteiger partial charge on any atom is 0.148 e. The lowest BCUT2D eigenvalue weighted by atomic mass is 9.93. The maximum absolute atomic E-state index is 12.4. The second-order valence-corrected chi connectivity index (χ2v) is 4.59. The van der Waals surface area contributed by atoms with Crippen molar-refractivity contribution < 1.29 is 9.53 Å². The van der Waals surface area contributed by atoms with Gasteiger partial charge in [0.2, 0.25) is 0 Å². The van der Waals surface area contributed by atoms with Gasteiger partial charge in [0.05, 0.1) is 5.92 Å². The Hall–Kier alpha value is -2.36. The van der Waals surface area contributed by atoms with Crippen LogP contribution in [0.5, 0.6) is 5.75 Å². The number of nitrogen functional groups attached to an aromatic ring is 1. The van der Waals surface area contributed by atoms with Crippen LogP contribution < -0.4 is 10.5 Å². The number of hydrogen-bond donors (Lipinski definition) is 1. The number of ether oxygens (including phenoxy) is 1. The van der Waals surface area contributed by atoms with Crippen molar-refractivity contribution in [2.75, 3.05) is 12.3 Å². The summed E-state index contributed by atoms with van der Waals surface area (Å²) in [5.41, 5.74) is 7.51. The van der Waals surface area contributed by atoms with Crippen LogP contribution in [0, 0.1) is 0 Å². The molecule has 4 nitrogen and oxygen atoms in total. The van der Waals surface area contributed by atoms with E-state index in [-0.39, 0.29) is 11.7 Å². The molecule has 0 bridgehead atoms. The summed E-state index contributed by atoms with van der Waals surface area (Å²) in [6, 6.07) is 11.3. The summed E-state index contributed by atoms with van der Waals surface area (Å²) in [6.07, 6.45) is 1.92. The highest BCUT2D eigenvalue weighted by molar-refractivity contribution is 5.89. The van der Waals surface area contributed by atoms with Crippen molar-refractivity contribution in [3.05, 3.63) is 53.7 Å². The number of aromatic nitrogens is 1. The van der Waals surface area contributed by atoms with Crippen LogP contribution in [0.3, 0.4) is 0 Å². The molecule has 1 aromatic carbocycles. The van der Waals surface area contributed by atoms with E-state index in [0.29, 0.717) is 18.8 Å². The van der Waals surface area contributed by atoms with Crippen molar-refractivity contribution >= 4 is 11.6 Å². The van der Waals surface area contributed by atoms with Crippen molar-refractivity contribution in [1.29, 1.82) is 0 Å². The molecule has 0 amide bonds. The van der Waals surface area contributed by atoms with Crippen molar-refractivity contribution in [2.24, 2.45) is 0 Å². The summed E-state index contributed by atoms with van der Waals surface area (Å²) in [6.45, 7) is 0.415. The molecule has 2 aromatic rings. The monoisotopic (exact) mass is 254 g/mol. The largest absolute Gasteiger partial charge is 0.492 e. The smallest absolute Gasteiger partial charge is 0.148 e. The fraction of sp³-hybridized carbons (Fsp3) is 0.200. The number of para-hydroxylation sites is 1. The fourth-order valence-electron chi connectivity index (χ4n) is 2.34. The van der Waals surface area contributed by atoms with E-state index in [1.165, 1.54) is 0 Å². The first-order valence-electron chi connectivity index (χ1n) is 6.19. The van der Waals surface area contributed by atoms with Gasteiger partial charge in [0, 0.05) is 23.7 Å². The van der Waals surface area contributed by atoms with E-state index in [0.717, 1.165) is 16.9 Å². The van der Waals surface area contributed by atoms with E-state index in [2.05, 4.69) is 4.98 Å². The van der Waals surface area contributed by atoms with Crippen LogP contribution >= 0.6 is 0 Å². The first-order chi connectivity index (χ1) is 9.25. The van der Waals surface area contributed by atoms with Gasteiger partial charge >= 0.3 is 0 Å². The van der Waals surface area contributed by atoms with E-state index in [9.17, 15) is 4.79 Å². The number of Topliss-reactive ketones (excluding diaryl/α,β-unsaturated/α-hetero) is 1. The molecule has 1 aliphatic rings. The zero-order valence-electron chi connectivity index (χ0n) is 10.4. The second kappa shape index (κ2) is 4.72. The van der Waals surface area contributed by atoms with Crippen molar-refractivity contribution in [3.8, 4) is 5.75 Å². The molecular formula is C15H14N2O2. The number of ketones is 1. The average Bonchev–Trinajstić information content (AvgIpc) is 2.85.